The average molecular weight is 333 g/mol. The Labute approximate surface area is 138 Å². The monoisotopic (exact) mass is 333 g/mol. The third-order valence-corrected chi connectivity index (χ3v) is 3.60. The number of aryl methyl sites for hydroxylation is 2. The number of nitrogens with one attached hydrogen (secondary N) is 1. The molecule has 0 bridgehead atoms. The Bertz CT molecular complexity index is 815. The molecule has 1 aromatic heterocycles. The first kappa shape index (κ1) is 17.6. The molecule has 0 aliphatic carbocycles. The van der Waals surface area contributed by atoms with Gasteiger partial charge in [0.1, 0.15) is 0 Å². The molecule has 24 heavy (non-hydrogen) atoms. The van der Waals surface area contributed by atoms with E-state index < -0.39 is 17.9 Å². The van der Waals surface area contributed by atoms with Crippen molar-refractivity contribution in [1.82, 2.24) is 14.9 Å². The SMILES string of the molecule is COCC(NC(=O)CCn1cnc2c(C)cccc2c1=O)C(=O)O. The Balaban J connectivity index is 2.08. The maximum Gasteiger partial charge on any atom is 0.328 e. The number of amides is 1. The minimum Gasteiger partial charge on any atom is -0.480 e. The molecule has 0 fully saturated rings. The quantitative estimate of drug-likeness (QED) is 0.754. The minimum absolute atomic E-state index is 0.0353. The maximum absolute atomic E-state index is 12.4. The molecule has 0 radical (unpaired) electrons. The lowest BCUT2D eigenvalue weighted by Gasteiger charge is -2.13. The Hall–Kier alpha value is -2.74. The molecule has 1 heterocycles. The van der Waals surface area contributed by atoms with Crippen LogP contribution in [0.15, 0.2) is 29.3 Å². The number of methoxy groups -OCH3 is 1. The van der Waals surface area contributed by atoms with Crippen LogP contribution >= 0.6 is 0 Å². The highest BCUT2D eigenvalue weighted by Gasteiger charge is 2.19. The van der Waals surface area contributed by atoms with E-state index >= 15 is 0 Å². The van der Waals surface area contributed by atoms with Crippen LogP contribution in [0.3, 0.4) is 0 Å². The highest BCUT2D eigenvalue weighted by Crippen LogP contribution is 2.11. The predicted molar refractivity (Wildman–Crippen MR) is 86.8 cm³/mol. The number of rotatable bonds is 7. The summed E-state index contributed by atoms with van der Waals surface area (Å²) in [6.07, 6.45) is 1.36. The van der Waals surface area contributed by atoms with E-state index in [0.29, 0.717) is 10.9 Å². The molecule has 0 aliphatic heterocycles. The van der Waals surface area contributed by atoms with Gasteiger partial charge in [0.05, 0.1) is 23.8 Å². The fourth-order valence-corrected chi connectivity index (χ4v) is 2.33. The maximum atomic E-state index is 12.4. The van der Waals surface area contributed by atoms with Gasteiger partial charge in [-0.05, 0) is 18.6 Å². The summed E-state index contributed by atoms with van der Waals surface area (Å²) in [6, 6.07) is 4.22. The summed E-state index contributed by atoms with van der Waals surface area (Å²) in [6.45, 7) is 1.85. The summed E-state index contributed by atoms with van der Waals surface area (Å²) in [5.41, 5.74) is 1.30. The van der Waals surface area contributed by atoms with E-state index in [-0.39, 0.29) is 25.1 Å². The number of carboxylic acids is 1. The molecule has 1 unspecified atom stereocenters. The first-order chi connectivity index (χ1) is 11.4. The number of nitrogens with zero attached hydrogens (tertiary/aromatic N) is 2. The second kappa shape index (κ2) is 7.69. The summed E-state index contributed by atoms with van der Waals surface area (Å²) in [5.74, 6) is -1.65. The van der Waals surface area contributed by atoms with Crippen molar-refractivity contribution in [2.75, 3.05) is 13.7 Å². The molecular weight excluding hydrogens is 314 g/mol. The zero-order chi connectivity index (χ0) is 17.7. The average Bonchev–Trinajstić information content (AvgIpc) is 2.54. The smallest absolute Gasteiger partial charge is 0.328 e. The van der Waals surface area contributed by atoms with Crippen LogP contribution in [0.25, 0.3) is 10.9 Å². The van der Waals surface area contributed by atoms with Gasteiger partial charge in [-0.25, -0.2) is 9.78 Å². The van der Waals surface area contributed by atoms with Crippen LogP contribution in [0.1, 0.15) is 12.0 Å². The number of aliphatic carboxylic acids is 1. The van der Waals surface area contributed by atoms with E-state index in [2.05, 4.69) is 10.3 Å². The Morgan fingerprint density at radius 2 is 2.17 bits per heavy atom. The lowest BCUT2D eigenvalue weighted by Crippen LogP contribution is -2.44. The number of hydrogen-bond donors (Lipinski definition) is 2. The summed E-state index contributed by atoms with van der Waals surface area (Å²) >= 11 is 0. The van der Waals surface area contributed by atoms with Crippen LogP contribution in [0, 0.1) is 6.92 Å². The number of aromatic nitrogens is 2. The third-order valence-electron chi connectivity index (χ3n) is 3.60. The number of carbonyl (C=O) groups excluding carboxylic acids is 1. The Morgan fingerprint density at radius 3 is 2.83 bits per heavy atom. The van der Waals surface area contributed by atoms with Crippen molar-refractivity contribution in [3.05, 3.63) is 40.4 Å². The van der Waals surface area contributed by atoms with E-state index in [1.807, 2.05) is 13.0 Å². The molecule has 128 valence electrons. The van der Waals surface area contributed by atoms with Gasteiger partial charge in [-0.1, -0.05) is 12.1 Å². The molecule has 0 aliphatic rings. The number of hydrogen-bond acceptors (Lipinski definition) is 5. The summed E-state index contributed by atoms with van der Waals surface area (Å²) < 4.78 is 6.09. The van der Waals surface area contributed by atoms with Gasteiger partial charge < -0.3 is 15.2 Å². The molecule has 1 atom stereocenters. The minimum atomic E-state index is -1.18. The summed E-state index contributed by atoms with van der Waals surface area (Å²) in [5, 5.41) is 11.8. The third kappa shape index (κ3) is 3.96. The highest BCUT2D eigenvalue weighted by atomic mass is 16.5. The topological polar surface area (TPSA) is 111 Å². The largest absolute Gasteiger partial charge is 0.480 e. The van der Waals surface area contributed by atoms with Gasteiger partial charge in [-0.15, -0.1) is 0 Å². The van der Waals surface area contributed by atoms with Crippen LogP contribution in [0.2, 0.25) is 0 Å². The van der Waals surface area contributed by atoms with Gasteiger partial charge in [0, 0.05) is 20.1 Å². The summed E-state index contributed by atoms with van der Waals surface area (Å²) in [4.78, 5) is 39.5. The predicted octanol–water partition coefficient (Wildman–Crippen LogP) is 0.311. The summed E-state index contributed by atoms with van der Waals surface area (Å²) in [7, 11) is 1.35. The zero-order valence-corrected chi connectivity index (χ0v) is 13.5. The van der Waals surface area contributed by atoms with Gasteiger partial charge in [0.2, 0.25) is 5.91 Å². The van der Waals surface area contributed by atoms with E-state index in [1.54, 1.807) is 12.1 Å². The number of para-hydroxylation sites is 1. The molecule has 1 amide bonds. The van der Waals surface area contributed by atoms with Crippen molar-refractivity contribution in [2.45, 2.75) is 25.9 Å². The molecule has 2 aromatic rings. The molecule has 1 aromatic carbocycles. The number of benzene rings is 1. The molecule has 2 N–H and O–H groups in total. The van der Waals surface area contributed by atoms with Gasteiger partial charge in [0.15, 0.2) is 6.04 Å². The number of fused-ring (bicyclic) bond motifs is 1. The molecule has 0 saturated heterocycles. The molecule has 0 spiro atoms. The van der Waals surface area contributed by atoms with E-state index in [4.69, 9.17) is 9.84 Å². The van der Waals surface area contributed by atoms with Crippen molar-refractivity contribution in [1.29, 1.82) is 0 Å². The van der Waals surface area contributed by atoms with E-state index in [9.17, 15) is 14.4 Å². The number of carbonyl (C=O) groups is 2. The molecule has 8 heteroatoms. The van der Waals surface area contributed by atoms with Crippen molar-refractivity contribution >= 4 is 22.8 Å². The van der Waals surface area contributed by atoms with Crippen molar-refractivity contribution in [3.8, 4) is 0 Å². The first-order valence-corrected chi connectivity index (χ1v) is 7.40. The molecule has 8 nitrogen and oxygen atoms in total. The van der Waals surface area contributed by atoms with Crippen molar-refractivity contribution in [2.24, 2.45) is 0 Å². The van der Waals surface area contributed by atoms with Crippen LogP contribution in [0.4, 0.5) is 0 Å². The normalized spacial score (nSPS) is 12.1. The van der Waals surface area contributed by atoms with Crippen molar-refractivity contribution < 1.29 is 19.4 Å². The fraction of sp³-hybridized carbons (Fsp3) is 0.375. The number of ether oxygens (including phenoxy) is 1. The van der Waals surface area contributed by atoms with Gasteiger partial charge >= 0.3 is 5.97 Å². The lowest BCUT2D eigenvalue weighted by molar-refractivity contribution is -0.143. The zero-order valence-electron chi connectivity index (χ0n) is 13.5. The second-order valence-corrected chi connectivity index (χ2v) is 5.38. The van der Waals surface area contributed by atoms with Crippen LogP contribution in [-0.2, 0) is 20.9 Å². The van der Waals surface area contributed by atoms with E-state index in [1.165, 1.54) is 18.0 Å². The van der Waals surface area contributed by atoms with Gasteiger partial charge in [-0.2, -0.15) is 0 Å². The first-order valence-electron chi connectivity index (χ1n) is 7.40. The van der Waals surface area contributed by atoms with Gasteiger partial charge in [-0.3, -0.25) is 14.2 Å². The highest BCUT2D eigenvalue weighted by molar-refractivity contribution is 5.83. The Morgan fingerprint density at radius 1 is 1.42 bits per heavy atom. The Kier molecular flexibility index (Phi) is 5.64. The molecule has 2 rings (SSSR count). The van der Waals surface area contributed by atoms with Crippen LogP contribution in [0.5, 0.6) is 0 Å². The fourth-order valence-electron chi connectivity index (χ4n) is 2.33. The van der Waals surface area contributed by atoms with Gasteiger partial charge in [0.25, 0.3) is 5.56 Å². The van der Waals surface area contributed by atoms with Crippen LogP contribution < -0.4 is 10.9 Å². The van der Waals surface area contributed by atoms with Crippen molar-refractivity contribution in [3.63, 3.8) is 0 Å². The molecular formula is C16H19N3O5. The van der Waals surface area contributed by atoms with E-state index in [0.717, 1.165) is 5.56 Å². The molecule has 0 saturated carbocycles. The van der Waals surface area contributed by atoms with Crippen LogP contribution in [-0.4, -0.2) is 46.3 Å². The lowest BCUT2D eigenvalue weighted by atomic mass is 10.1. The standard InChI is InChI=1S/C16H19N3O5/c1-10-4-3-5-11-14(10)17-9-19(15(11)21)7-6-13(20)18-12(8-24-2)16(22)23/h3-5,9,12H,6-8H2,1-2H3,(H,18,20)(H,22,23). The number of carboxylic acid groups (broad SMARTS) is 1. The second-order valence-electron chi connectivity index (χ2n) is 5.38.